The molecule has 1 heterocycles. The van der Waals surface area contributed by atoms with Gasteiger partial charge in [-0.3, -0.25) is 0 Å². The summed E-state index contributed by atoms with van der Waals surface area (Å²) in [4.78, 5) is 4.47. The topological polar surface area (TPSA) is 24.9 Å². The van der Waals surface area contributed by atoms with Crippen LogP contribution in [0.2, 0.25) is 0 Å². The Kier molecular flexibility index (Phi) is 3.56. The minimum absolute atomic E-state index is 0.283. The number of nitrogens with one attached hydrogen (secondary N) is 1. The van der Waals surface area contributed by atoms with Crippen LogP contribution in [0.25, 0.3) is 10.2 Å². The summed E-state index contributed by atoms with van der Waals surface area (Å²) >= 11 is 8.33. The average Bonchev–Trinajstić information content (AvgIpc) is 2.75. The summed E-state index contributed by atoms with van der Waals surface area (Å²) in [5.74, 6) is -0.283. The van der Waals surface area contributed by atoms with Crippen LogP contribution in [0.4, 0.5) is 15.2 Å². The van der Waals surface area contributed by atoms with E-state index in [1.165, 1.54) is 23.5 Å². The smallest absolute Gasteiger partial charge is 0.188 e. The number of hydrogen-bond acceptors (Lipinski definition) is 3. The number of halogens is 3. The third kappa shape index (κ3) is 2.80. The van der Waals surface area contributed by atoms with Gasteiger partial charge >= 0.3 is 0 Å². The summed E-state index contributed by atoms with van der Waals surface area (Å²) < 4.78 is 16.1. The summed E-state index contributed by atoms with van der Waals surface area (Å²) in [5, 5.41) is 3.86. The SMILES string of the molecule is Fc1ccc(Br)c(Nc2nc3cc(Br)ccc3s2)c1. The van der Waals surface area contributed by atoms with Crippen LogP contribution in [-0.4, -0.2) is 4.98 Å². The van der Waals surface area contributed by atoms with Crippen LogP contribution in [0.5, 0.6) is 0 Å². The lowest BCUT2D eigenvalue weighted by Gasteiger charge is -2.04. The molecule has 0 aliphatic rings. The first-order chi connectivity index (χ1) is 9.11. The lowest BCUT2D eigenvalue weighted by molar-refractivity contribution is 0.628. The highest BCUT2D eigenvalue weighted by Gasteiger charge is 2.07. The summed E-state index contributed by atoms with van der Waals surface area (Å²) in [7, 11) is 0. The molecule has 0 radical (unpaired) electrons. The fraction of sp³-hybridized carbons (Fsp3) is 0. The third-order valence-electron chi connectivity index (χ3n) is 2.52. The maximum absolute atomic E-state index is 13.2. The average molecular weight is 402 g/mol. The van der Waals surface area contributed by atoms with Gasteiger partial charge in [0.2, 0.25) is 0 Å². The number of thiazole rings is 1. The van der Waals surface area contributed by atoms with Crippen LogP contribution in [0, 0.1) is 5.82 Å². The molecule has 0 aliphatic carbocycles. The van der Waals surface area contributed by atoms with E-state index in [0.717, 1.165) is 24.3 Å². The first kappa shape index (κ1) is 13.0. The van der Waals surface area contributed by atoms with E-state index in [1.54, 1.807) is 6.07 Å². The molecule has 0 fully saturated rings. The van der Waals surface area contributed by atoms with Gasteiger partial charge in [0.25, 0.3) is 0 Å². The zero-order chi connectivity index (χ0) is 13.4. The summed E-state index contributed by atoms with van der Waals surface area (Å²) in [5.41, 5.74) is 1.58. The van der Waals surface area contributed by atoms with Gasteiger partial charge in [-0.05, 0) is 52.3 Å². The fourth-order valence-corrected chi connectivity index (χ4v) is 3.22. The van der Waals surface area contributed by atoms with Crippen molar-refractivity contribution in [2.45, 2.75) is 0 Å². The van der Waals surface area contributed by atoms with E-state index >= 15 is 0 Å². The van der Waals surface area contributed by atoms with Crippen LogP contribution >= 0.6 is 43.2 Å². The van der Waals surface area contributed by atoms with Crippen LogP contribution in [0.15, 0.2) is 45.3 Å². The highest BCUT2D eigenvalue weighted by atomic mass is 79.9. The van der Waals surface area contributed by atoms with E-state index < -0.39 is 0 Å². The molecule has 1 aromatic heterocycles. The molecular weight excluding hydrogens is 395 g/mol. The number of benzene rings is 2. The van der Waals surface area contributed by atoms with Gasteiger partial charge in [-0.2, -0.15) is 0 Å². The minimum Gasteiger partial charge on any atom is -0.330 e. The first-order valence-corrected chi connectivity index (χ1v) is 7.80. The standard InChI is InChI=1S/C13H7Br2FN2S/c14-7-1-4-12-11(5-7)18-13(19-12)17-10-6-8(16)2-3-9(10)15/h1-6H,(H,17,18). The van der Waals surface area contributed by atoms with Crippen LogP contribution in [-0.2, 0) is 0 Å². The van der Waals surface area contributed by atoms with Crippen molar-refractivity contribution in [1.29, 1.82) is 0 Å². The lowest BCUT2D eigenvalue weighted by atomic mass is 10.3. The molecule has 6 heteroatoms. The van der Waals surface area contributed by atoms with Gasteiger partial charge in [0.05, 0.1) is 15.9 Å². The molecule has 0 amide bonds. The van der Waals surface area contributed by atoms with Crippen molar-refractivity contribution in [2.75, 3.05) is 5.32 Å². The molecule has 0 atom stereocenters. The number of hydrogen-bond donors (Lipinski definition) is 1. The summed E-state index contributed by atoms with van der Waals surface area (Å²) in [6.07, 6.45) is 0. The van der Waals surface area contributed by atoms with Crippen molar-refractivity contribution < 1.29 is 4.39 Å². The molecule has 0 spiro atoms. The zero-order valence-electron chi connectivity index (χ0n) is 9.45. The van der Waals surface area contributed by atoms with Crippen molar-refractivity contribution in [3.63, 3.8) is 0 Å². The molecule has 3 aromatic rings. The predicted octanol–water partition coefficient (Wildman–Crippen LogP) is 5.70. The van der Waals surface area contributed by atoms with Gasteiger partial charge in [0, 0.05) is 8.95 Å². The maximum Gasteiger partial charge on any atom is 0.188 e. The van der Waals surface area contributed by atoms with Gasteiger partial charge in [0.15, 0.2) is 5.13 Å². The largest absolute Gasteiger partial charge is 0.330 e. The zero-order valence-corrected chi connectivity index (χ0v) is 13.4. The Morgan fingerprint density at radius 3 is 2.79 bits per heavy atom. The second kappa shape index (κ2) is 5.19. The number of nitrogens with zero attached hydrogens (tertiary/aromatic N) is 1. The Bertz CT molecular complexity index is 757. The number of aromatic nitrogens is 1. The Hall–Kier alpha value is -0.980. The van der Waals surface area contributed by atoms with E-state index in [4.69, 9.17) is 0 Å². The Morgan fingerprint density at radius 2 is 1.95 bits per heavy atom. The van der Waals surface area contributed by atoms with Gasteiger partial charge in [-0.15, -0.1) is 0 Å². The second-order valence-electron chi connectivity index (χ2n) is 3.88. The van der Waals surface area contributed by atoms with Gasteiger partial charge in [-0.25, -0.2) is 9.37 Å². The fourth-order valence-electron chi connectivity index (χ4n) is 1.66. The van der Waals surface area contributed by atoms with Crippen LogP contribution in [0.1, 0.15) is 0 Å². The van der Waals surface area contributed by atoms with E-state index in [1.807, 2.05) is 18.2 Å². The lowest BCUT2D eigenvalue weighted by Crippen LogP contribution is -1.91. The molecule has 1 N–H and O–H groups in total. The molecule has 0 unspecified atom stereocenters. The van der Waals surface area contributed by atoms with Crippen molar-refractivity contribution >= 4 is 64.2 Å². The van der Waals surface area contributed by atoms with Gasteiger partial charge in [-0.1, -0.05) is 27.3 Å². The number of anilines is 2. The highest BCUT2D eigenvalue weighted by Crippen LogP contribution is 2.32. The molecule has 0 aliphatic heterocycles. The van der Waals surface area contributed by atoms with Crippen molar-refractivity contribution in [2.24, 2.45) is 0 Å². The minimum atomic E-state index is -0.283. The van der Waals surface area contributed by atoms with Crippen LogP contribution in [0.3, 0.4) is 0 Å². The summed E-state index contributed by atoms with van der Waals surface area (Å²) in [6, 6.07) is 10.4. The van der Waals surface area contributed by atoms with E-state index in [-0.39, 0.29) is 5.82 Å². The monoisotopic (exact) mass is 400 g/mol. The van der Waals surface area contributed by atoms with Crippen molar-refractivity contribution in [3.05, 3.63) is 51.2 Å². The third-order valence-corrected chi connectivity index (χ3v) is 4.66. The molecule has 0 bridgehead atoms. The van der Waals surface area contributed by atoms with Crippen molar-refractivity contribution in [3.8, 4) is 0 Å². The summed E-state index contributed by atoms with van der Waals surface area (Å²) in [6.45, 7) is 0. The molecule has 3 rings (SSSR count). The van der Waals surface area contributed by atoms with Gasteiger partial charge < -0.3 is 5.32 Å². The maximum atomic E-state index is 13.2. The Morgan fingerprint density at radius 1 is 1.11 bits per heavy atom. The molecule has 96 valence electrons. The molecule has 0 saturated carbocycles. The molecule has 2 aromatic carbocycles. The quantitative estimate of drug-likeness (QED) is 0.595. The Labute approximate surface area is 129 Å². The predicted molar refractivity (Wildman–Crippen MR) is 84.7 cm³/mol. The van der Waals surface area contributed by atoms with E-state index in [0.29, 0.717) is 5.69 Å². The Balaban J connectivity index is 1.98. The number of fused-ring (bicyclic) bond motifs is 1. The van der Waals surface area contributed by atoms with Crippen molar-refractivity contribution in [1.82, 2.24) is 4.98 Å². The van der Waals surface area contributed by atoms with Gasteiger partial charge in [0.1, 0.15) is 5.82 Å². The number of rotatable bonds is 2. The molecule has 0 saturated heterocycles. The van der Waals surface area contributed by atoms with E-state index in [2.05, 4.69) is 42.2 Å². The highest BCUT2D eigenvalue weighted by molar-refractivity contribution is 9.10. The van der Waals surface area contributed by atoms with Crippen LogP contribution < -0.4 is 5.32 Å². The van der Waals surface area contributed by atoms with E-state index in [9.17, 15) is 4.39 Å². The molecular formula is C13H7Br2FN2S. The normalized spacial score (nSPS) is 10.9. The molecule has 2 nitrogen and oxygen atoms in total. The first-order valence-electron chi connectivity index (χ1n) is 5.40. The molecule has 19 heavy (non-hydrogen) atoms. The second-order valence-corrected chi connectivity index (χ2v) is 6.68.